The summed E-state index contributed by atoms with van der Waals surface area (Å²) in [6, 6.07) is 6.81. The summed E-state index contributed by atoms with van der Waals surface area (Å²) in [5.41, 5.74) is -1.36. The predicted octanol–water partition coefficient (Wildman–Crippen LogP) is 0.387. The van der Waals surface area contributed by atoms with Crippen LogP contribution in [0.5, 0.6) is 5.75 Å². The van der Waals surface area contributed by atoms with Gasteiger partial charge in [0.1, 0.15) is 20.7 Å². The van der Waals surface area contributed by atoms with Crippen molar-refractivity contribution in [3.8, 4) is 16.3 Å². The Morgan fingerprint density at radius 3 is 2.64 bits per heavy atom. The van der Waals surface area contributed by atoms with Crippen molar-refractivity contribution >= 4 is 55.9 Å². The third kappa shape index (κ3) is 5.79. The SMILES string of the molecule is [B]C([B])(O)NC(=O)c1nnc(Nc2cnn(C)n2)cc1Nc1cccc(-c2ncc(CO)s2)c1OC. The van der Waals surface area contributed by atoms with Gasteiger partial charge >= 0.3 is 0 Å². The third-order valence-electron chi connectivity index (χ3n) is 4.61. The number of aryl methyl sites for hydroxylation is 1. The number of nitrogens with zero attached hydrogens (tertiary/aromatic N) is 6. The lowest BCUT2D eigenvalue weighted by atomic mass is 9.73. The van der Waals surface area contributed by atoms with E-state index in [1.165, 1.54) is 35.5 Å². The lowest BCUT2D eigenvalue weighted by Gasteiger charge is -2.21. The van der Waals surface area contributed by atoms with Gasteiger partial charge in [-0.25, -0.2) is 4.98 Å². The van der Waals surface area contributed by atoms with Gasteiger partial charge in [0.15, 0.2) is 23.1 Å². The number of rotatable bonds is 9. The van der Waals surface area contributed by atoms with Crippen LogP contribution in [0.3, 0.4) is 0 Å². The first-order valence-electron chi connectivity index (χ1n) is 10.3. The molecule has 36 heavy (non-hydrogen) atoms. The number of aliphatic hydroxyl groups excluding tert-OH is 1. The van der Waals surface area contributed by atoms with Crippen LogP contribution in [0.25, 0.3) is 10.6 Å². The number of nitrogens with one attached hydrogen (secondary N) is 3. The van der Waals surface area contributed by atoms with E-state index >= 15 is 0 Å². The van der Waals surface area contributed by atoms with Crippen LogP contribution >= 0.6 is 11.3 Å². The van der Waals surface area contributed by atoms with Crippen molar-refractivity contribution in [2.75, 3.05) is 17.7 Å². The molecule has 0 fully saturated rings. The number of hydrogen-bond donors (Lipinski definition) is 5. The molecule has 1 amide bonds. The van der Waals surface area contributed by atoms with Gasteiger partial charge in [-0.2, -0.15) is 9.90 Å². The molecule has 0 unspecified atom stereocenters. The number of hydrogen-bond acceptors (Lipinski definition) is 12. The molecule has 0 aliphatic carbocycles. The van der Waals surface area contributed by atoms with Gasteiger partial charge in [0.05, 0.1) is 41.7 Å². The molecule has 3 heterocycles. The largest absolute Gasteiger partial charge is 0.494 e. The first kappa shape index (κ1) is 25.1. The van der Waals surface area contributed by atoms with Gasteiger partial charge in [0, 0.05) is 24.8 Å². The van der Waals surface area contributed by atoms with Crippen molar-refractivity contribution in [1.82, 2.24) is 35.5 Å². The fourth-order valence-corrected chi connectivity index (χ4v) is 3.96. The number of carbonyl (C=O) groups excluding carboxylic acids is 1. The van der Waals surface area contributed by atoms with E-state index in [1.807, 2.05) is 11.4 Å². The van der Waals surface area contributed by atoms with Crippen molar-refractivity contribution in [3.05, 3.63) is 47.2 Å². The number of aliphatic hydroxyl groups is 2. The normalized spacial score (nSPS) is 11.2. The number of carbonyl (C=O) groups is 1. The Hall–Kier alpha value is -4.01. The maximum atomic E-state index is 12.7. The number of methoxy groups -OCH3 is 1. The molecule has 180 valence electrons. The van der Waals surface area contributed by atoms with Gasteiger partial charge in [0.25, 0.3) is 5.91 Å². The lowest BCUT2D eigenvalue weighted by Crippen LogP contribution is -2.49. The topological polar surface area (TPSA) is 172 Å². The Bertz CT molecular complexity index is 1390. The molecule has 1 aromatic carbocycles. The molecular formula is C20H19B2N9O4S. The summed E-state index contributed by atoms with van der Waals surface area (Å²) >= 11 is 1.31. The highest BCUT2D eigenvalue weighted by Gasteiger charge is 2.23. The quantitative estimate of drug-likeness (QED) is 0.158. The molecule has 0 spiro atoms. The van der Waals surface area contributed by atoms with E-state index in [0.29, 0.717) is 32.7 Å². The molecule has 0 aliphatic rings. The van der Waals surface area contributed by atoms with E-state index < -0.39 is 11.4 Å². The molecule has 4 aromatic rings. The second-order valence-electron chi connectivity index (χ2n) is 7.42. The standard InChI is InChI=1S/C20H19B2N9O4S/c1-31-24-8-15(30-31)26-14-6-13(16(29-28-14)18(33)27-20(21,22)34)25-12-5-3-4-11(17(12)35-2)19-23-7-10(9-32)36-19/h3-8,32,34H,9H2,1-2H3,(H,27,33)(H2,25,26,28,30). The lowest BCUT2D eigenvalue weighted by molar-refractivity contribution is 0.0835. The minimum absolute atomic E-state index is 0.130. The summed E-state index contributed by atoms with van der Waals surface area (Å²) in [5.74, 6) is 0.188. The number of ether oxygens (including phenoxy) is 1. The number of para-hydroxylation sites is 1. The summed E-state index contributed by atoms with van der Waals surface area (Å²) in [5, 5.41) is 43.8. The van der Waals surface area contributed by atoms with Crippen LogP contribution in [-0.2, 0) is 13.7 Å². The van der Waals surface area contributed by atoms with Crippen molar-refractivity contribution in [2.24, 2.45) is 7.05 Å². The van der Waals surface area contributed by atoms with Gasteiger partial charge in [-0.3, -0.25) is 4.79 Å². The maximum absolute atomic E-state index is 12.7. The first-order valence-corrected chi connectivity index (χ1v) is 11.1. The minimum Gasteiger partial charge on any atom is -0.494 e. The van der Waals surface area contributed by atoms with Gasteiger partial charge < -0.3 is 30.9 Å². The summed E-state index contributed by atoms with van der Waals surface area (Å²) in [4.78, 5) is 19.1. The first-order chi connectivity index (χ1) is 17.2. The Morgan fingerprint density at radius 1 is 1.19 bits per heavy atom. The Morgan fingerprint density at radius 2 is 2.00 bits per heavy atom. The highest BCUT2D eigenvalue weighted by molar-refractivity contribution is 7.15. The fraction of sp³-hybridized carbons (Fsp3) is 0.200. The van der Waals surface area contributed by atoms with E-state index in [0.717, 1.165) is 0 Å². The van der Waals surface area contributed by atoms with Crippen LogP contribution in [-0.4, -0.2) is 74.6 Å². The molecule has 0 bridgehead atoms. The Labute approximate surface area is 211 Å². The Kier molecular flexibility index (Phi) is 7.19. The van der Waals surface area contributed by atoms with Crippen LogP contribution in [0.1, 0.15) is 15.4 Å². The zero-order chi connectivity index (χ0) is 25.9. The fourth-order valence-electron chi connectivity index (χ4n) is 3.17. The molecule has 13 nitrogen and oxygen atoms in total. The molecule has 0 aliphatic heterocycles. The van der Waals surface area contributed by atoms with Gasteiger partial charge in [-0.15, -0.1) is 26.6 Å². The molecule has 3 aromatic heterocycles. The molecule has 0 saturated heterocycles. The average Bonchev–Trinajstić information content (AvgIpc) is 3.46. The van der Waals surface area contributed by atoms with Gasteiger partial charge in [-0.1, -0.05) is 6.07 Å². The van der Waals surface area contributed by atoms with Crippen molar-refractivity contribution in [3.63, 3.8) is 0 Å². The third-order valence-corrected chi connectivity index (χ3v) is 5.62. The Balaban J connectivity index is 1.74. The smallest absolute Gasteiger partial charge is 0.274 e. The molecule has 4 rings (SSSR count). The second-order valence-corrected chi connectivity index (χ2v) is 8.53. The van der Waals surface area contributed by atoms with E-state index in [2.05, 4.69) is 36.0 Å². The van der Waals surface area contributed by atoms with Crippen molar-refractivity contribution in [1.29, 1.82) is 0 Å². The summed E-state index contributed by atoms with van der Waals surface area (Å²) < 4.78 is 5.64. The molecule has 0 atom stereocenters. The molecule has 16 heteroatoms. The molecule has 5 N–H and O–H groups in total. The zero-order valence-electron chi connectivity index (χ0n) is 19.1. The predicted molar refractivity (Wildman–Crippen MR) is 134 cm³/mol. The summed E-state index contributed by atoms with van der Waals surface area (Å²) in [6.07, 6.45) is 3.07. The number of thiazole rings is 1. The van der Waals surface area contributed by atoms with Gasteiger partial charge in [0.2, 0.25) is 0 Å². The molecular weight excluding hydrogens is 484 g/mol. The van der Waals surface area contributed by atoms with E-state index in [-0.39, 0.29) is 23.8 Å². The van der Waals surface area contributed by atoms with Crippen LogP contribution < -0.4 is 20.7 Å². The molecule has 0 saturated carbocycles. The second kappa shape index (κ2) is 10.3. The van der Waals surface area contributed by atoms with Crippen molar-refractivity contribution in [2.45, 2.75) is 12.1 Å². The van der Waals surface area contributed by atoms with Gasteiger partial charge in [-0.05, 0) is 12.1 Å². The monoisotopic (exact) mass is 503 g/mol. The minimum atomic E-state index is -2.47. The number of anilines is 4. The summed E-state index contributed by atoms with van der Waals surface area (Å²) in [7, 11) is 13.8. The van der Waals surface area contributed by atoms with Crippen LogP contribution in [0.15, 0.2) is 36.7 Å². The van der Waals surface area contributed by atoms with Crippen LogP contribution in [0.4, 0.5) is 23.0 Å². The van der Waals surface area contributed by atoms with E-state index in [1.54, 1.807) is 25.4 Å². The zero-order valence-corrected chi connectivity index (χ0v) is 19.9. The van der Waals surface area contributed by atoms with E-state index in [9.17, 15) is 15.0 Å². The number of aromatic nitrogens is 6. The van der Waals surface area contributed by atoms with Crippen LogP contribution in [0.2, 0.25) is 0 Å². The molecule has 4 radical (unpaired) electrons. The highest BCUT2D eigenvalue weighted by atomic mass is 32.1. The highest BCUT2D eigenvalue weighted by Crippen LogP contribution is 2.40. The maximum Gasteiger partial charge on any atom is 0.274 e. The van der Waals surface area contributed by atoms with Crippen LogP contribution in [0, 0.1) is 0 Å². The number of amides is 1. The summed E-state index contributed by atoms with van der Waals surface area (Å²) in [6.45, 7) is -0.130. The average molecular weight is 503 g/mol. The number of benzene rings is 1. The van der Waals surface area contributed by atoms with E-state index in [4.69, 9.17) is 20.4 Å². The van der Waals surface area contributed by atoms with Crippen molar-refractivity contribution < 1.29 is 19.7 Å².